The molecule has 18 heavy (non-hydrogen) atoms. The first kappa shape index (κ1) is 11.3. The molecule has 5 heteroatoms. The summed E-state index contributed by atoms with van der Waals surface area (Å²) in [6.45, 7) is 0. The van der Waals surface area contributed by atoms with Crippen LogP contribution >= 0.6 is 11.8 Å². The molecule has 3 rings (SSSR count). The topological polar surface area (TPSA) is 62.7 Å². The summed E-state index contributed by atoms with van der Waals surface area (Å²) < 4.78 is 5.18. The predicted molar refractivity (Wildman–Crippen MR) is 66.8 cm³/mol. The second-order valence-corrected chi connectivity index (χ2v) is 5.28. The lowest BCUT2D eigenvalue weighted by molar-refractivity contribution is 0.373. The van der Waals surface area contributed by atoms with Crippen molar-refractivity contribution < 1.29 is 4.52 Å². The fourth-order valence-electron chi connectivity index (χ4n) is 1.75. The van der Waals surface area contributed by atoms with Crippen molar-refractivity contribution in [2.24, 2.45) is 5.92 Å². The predicted octanol–water partition coefficient (Wildman–Crippen LogP) is 2.99. The number of rotatable bonds is 4. The Morgan fingerprint density at radius 2 is 2.22 bits per heavy atom. The summed E-state index contributed by atoms with van der Waals surface area (Å²) in [4.78, 5) is 5.52. The lowest BCUT2D eigenvalue weighted by Crippen LogP contribution is -1.86. The lowest BCUT2D eigenvalue weighted by atomic mass is 10.3. The summed E-state index contributed by atoms with van der Waals surface area (Å²) in [5, 5.41) is 12.7. The van der Waals surface area contributed by atoms with Crippen molar-refractivity contribution >= 4 is 11.8 Å². The summed E-state index contributed by atoms with van der Waals surface area (Å²) in [6, 6.07) is 12.3. The summed E-state index contributed by atoms with van der Waals surface area (Å²) >= 11 is 1.68. The van der Waals surface area contributed by atoms with Gasteiger partial charge in [0.2, 0.25) is 5.89 Å². The number of aromatic nitrogens is 2. The van der Waals surface area contributed by atoms with Crippen molar-refractivity contribution in [2.75, 3.05) is 0 Å². The molecule has 1 saturated carbocycles. The van der Waals surface area contributed by atoms with Gasteiger partial charge >= 0.3 is 0 Å². The van der Waals surface area contributed by atoms with Crippen molar-refractivity contribution in [3.8, 4) is 6.07 Å². The van der Waals surface area contributed by atoms with E-state index in [4.69, 9.17) is 9.78 Å². The lowest BCUT2D eigenvalue weighted by Gasteiger charge is -1.96. The molecular weight excluding hydrogens is 246 g/mol. The monoisotopic (exact) mass is 257 g/mol. The van der Waals surface area contributed by atoms with Gasteiger partial charge in [-0.15, -0.1) is 11.8 Å². The zero-order valence-electron chi connectivity index (χ0n) is 9.61. The smallest absolute Gasteiger partial charge is 0.231 e. The average Bonchev–Trinajstić information content (AvgIpc) is 3.07. The Bertz CT molecular complexity index is 575. The van der Waals surface area contributed by atoms with E-state index in [-0.39, 0.29) is 11.8 Å². The van der Waals surface area contributed by atoms with Crippen molar-refractivity contribution in [2.45, 2.75) is 23.0 Å². The van der Waals surface area contributed by atoms with Crippen LogP contribution in [0.1, 0.15) is 24.1 Å². The zero-order valence-corrected chi connectivity index (χ0v) is 10.4. The molecule has 1 aromatic carbocycles. The Labute approximate surface area is 109 Å². The first-order chi connectivity index (χ1) is 8.86. The van der Waals surface area contributed by atoms with E-state index < -0.39 is 0 Å². The van der Waals surface area contributed by atoms with Gasteiger partial charge in [0.25, 0.3) is 0 Å². The molecule has 1 heterocycles. The first-order valence-electron chi connectivity index (χ1n) is 5.77. The summed E-state index contributed by atoms with van der Waals surface area (Å²) in [5.41, 5.74) is 0. The number of hydrogen-bond acceptors (Lipinski definition) is 5. The molecule has 0 aliphatic heterocycles. The molecule has 2 aromatic rings. The Morgan fingerprint density at radius 1 is 1.39 bits per heavy atom. The molecule has 2 atom stereocenters. The maximum absolute atomic E-state index is 8.75. The van der Waals surface area contributed by atoms with Gasteiger partial charge in [0.15, 0.2) is 5.82 Å². The minimum atomic E-state index is 0.0695. The number of benzene rings is 1. The maximum atomic E-state index is 8.75. The van der Waals surface area contributed by atoms with Crippen LogP contribution in [0.5, 0.6) is 0 Å². The molecule has 0 amide bonds. The third-order valence-electron chi connectivity index (χ3n) is 2.87. The summed E-state index contributed by atoms with van der Waals surface area (Å²) in [7, 11) is 0. The number of thioether (sulfide) groups is 1. The van der Waals surface area contributed by atoms with Crippen LogP contribution in [-0.4, -0.2) is 10.1 Å². The molecule has 0 spiro atoms. The quantitative estimate of drug-likeness (QED) is 0.788. The van der Waals surface area contributed by atoms with E-state index in [9.17, 15) is 0 Å². The van der Waals surface area contributed by atoms with Gasteiger partial charge in [0.1, 0.15) is 0 Å². The summed E-state index contributed by atoms with van der Waals surface area (Å²) in [6.07, 6.45) is 0.851. The second-order valence-electron chi connectivity index (χ2n) is 4.23. The Hall–Kier alpha value is -1.80. The molecule has 2 unspecified atom stereocenters. The normalized spacial score (nSPS) is 21.5. The average molecular weight is 257 g/mol. The number of nitriles is 1. The minimum absolute atomic E-state index is 0.0695. The molecule has 0 saturated heterocycles. The molecule has 1 fully saturated rings. The van der Waals surface area contributed by atoms with Crippen LogP contribution in [0.3, 0.4) is 0 Å². The largest absolute Gasteiger partial charge is 0.339 e. The molecule has 90 valence electrons. The highest BCUT2D eigenvalue weighted by Gasteiger charge is 2.43. The van der Waals surface area contributed by atoms with Crippen LogP contribution in [-0.2, 0) is 5.75 Å². The van der Waals surface area contributed by atoms with Crippen LogP contribution in [0, 0.1) is 17.2 Å². The van der Waals surface area contributed by atoms with Gasteiger partial charge in [-0.1, -0.05) is 23.4 Å². The van der Waals surface area contributed by atoms with E-state index in [1.807, 2.05) is 18.2 Å². The standard InChI is InChI=1S/C13H11N3OS/c14-7-9-6-11(9)13-15-12(16-17-13)8-18-10-4-2-1-3-5-10/h1-5,9,11H,6,8H2. The van der Waals surface area contributed by atoms with Crippen LogP contribution in [0.2, 0.25) is 0 Å². The third-order valence-corrected chi connectivity index (χ3v) is 3.88. The number of nitrogens with zero attached hydrogens (tertiary/aromatic N) is 3. The van der Waals surface area contributed by atoms with Crippen LogP contribution in [0.25, 0.3) is 0 Å². The Morgan fingerprint density at radius 3 is 2.94 bits per heavy atom. The maximum Gasteiger partial charge on any atom is 0.231 e. The van der Waals surface area contributed by atoms with Gasteiger partial charge in [0, 0.05) is 4.90 Å². The van der Waals surface area contributed by atoms with Gasteiger partial charge in [-0.3, -0.25) is 0 Å². The van der Waals surface area contributed by atoms with E-state index in [1.54, 1.807) is 11.8 Å². The highest BCUT2D eigenvalue weighted by molar-refractivity contribution is 7.98. The minimum Gasteiger partial charge on any atom is -0.339 e. The molecule has 1 aliphatic rings. The van der Waals surface area contributed by atoms with Gasteiger partial charge in [-0.25, -0.2) is 0 Å². The van der Waals surface area contributed by atoms with Gasteiger partial charge < -0.3 is 4.52 Å². The van der Waals surface area contributed by atoms with Crippen molar-refractivity contribution in [1.82, 2.24) is 10.1 Å². The fraction of sp³-hybridized carbons (Fsp3) is 0.308. The van der Waals surface area contributed by atoms with Gasteiger partial charge in [0.05, 0.1) is 23.7 Å². The zero-order chi connectivity index (χ0) is 12.4. The highest BCUT2D eigenvalue weighted by atomic mass is 32.2. The molecular formula is C13H11N3OS. The molecule has 0 N–H and O–H groups in total. The molecule has 1 aliphatic carbocycles. The molecule has 0 bridgehead atoms. The van der Waals surface area contributed by atoms with E-state index in [2.05, 4.69) is 28.3 Å². The van der Waals surface area contributed by atoms with E-state index in [0.29, 0.717) is 17.5 Å². The van der Waals surface area contributed by atoms with Gasteiger partial charge in [-0.2, -0.15) is 10.2 Å². The Kier molecular flexibility index (Phi) is 3.03. The molecule has 4 nitrogen and oxygen atoms in total. The van der Waals surface area contributed by atoms with Crippen LogP contribution < -0.4 is 0 Å². The summed E-state index contributed by atoms with van der Waals surface area (Å²) in [5.74, 6) is 2.24. The van der Waals surface area contributed by atoms with Crippen molar-refractivity contribution in [3.05, 3.63) is 42.0 Å². The van der Waals surface area contributed by atoms with Crippen LogP contribution in [0.15, 0.2) is 39.8 Å². The van der Waals surface area contributed by atoms with E-state index in [1.165, 1.54) is 4.90 Å². The molecule has 1 aromatic heterocycles. The van der Waals surface area contributed by atoms with Crippen LogP contribution in [0.4, 0.5) is 0 Å². The highest BCUT2D eigenvalue weighted by Crippen LogP contribution is 2.46. The third kappa shape index (κ3) is 2.39. The second kappa shape index (κ2) is 4.83. The first-order valence-corrected chi connectivity index (χ1v) is 6.75. The van der Waals surface area contributed by atoms with E-state index in [0.717, 1.165) is 6.42 Å². The number of hydrogen-bond donors (Lipinski definition) is 0. The van der Waals surface area contributed by atoms with E-state index >= 15 is 0 Å². The Balaban J connectivity index is 1.60. The van der Waals surface area contributed by atoms with Crippen molar-refractivity contribution in [1.29, 1.82) is 5.26 Å². The van der Waals surface area contributed by atoms with Crippen molar-refractivity contribution in [3.63, 3.8) is 0 Å². The molecule has 0 radical (unpaired) electrons. The fourth-order valence-corrected chi connectivity index (χ4v) is 2.51. The van der Waals surface area contributed by atoms with Gasteiger partial charge in [-0.05, 0) is 18.6 Å². The SMILES string of the molecule is N#CC1CC1c1nc(CSc2ccccc2)no1.